The number of halogens is 1. The average molecular weight is 213 g/mol. The van der Waals surface area contributed by atoms with Crippen molar-refractivity contribution in [2.45, 2.75) is 0 Å². The molecule has 0 aliphatic heterocycles. The highest BCUT2D eigenvalue weighted by molar-refractivity contribution is 5.79. The molecule has 0 saturated heterocycles. The van der Waals surface area contributed by atoms with Crippen LogP contribution in [0, 0.1) is 11.2 Å². The van der Waals surface area contributed by atoms with Gasteiger partial charge in [-0.25, -0.2) is 9.37 Å². The molecule has 0 atom stereocenters. The number of aromatic nitrogens is 2. The normalized spacial score (nSPS) is 11.1. The minimum absolute atomic E-state index is 0.250. The molecule has 0 radical (unpaired) electrons. The van der Waals surface area contributed by atoms with Crippen molar-refractivity contribution in [1.82, 2.24) is 9.38 Å². The topological polar surface area (TPSA) is 41.2 Å². The number of nitrogens with zero attached hydrogens (tertiary/aromatic N) is 2. The van der Waals surface area contributed by atoms with Crippen molar-refractivity contribution in [3.8, 4) is 0 Å². The zero-order valence-corrected chi connectivity index (χ0v) is 8.31. The lowest BCUT2D eigenvalue weighted by Crippen LogP contribution is -2.15. The first kappa shape index (κ1) is 9.03. The third-order valence-corrected chi connectivity index (χ3v) is 2.53. The lowest BCUT2D eigenvalue weighted by molar-refractivity contribution is 0.629. The minimum atomic E-state index is -0.348. The third-order valence-electron chi connectivity index (χ3n) is 2.53. The fourth-order valence-electron chi connectivity index (χ4n) is 1.76. The van der Waals surface area contributed by atoms with Gasteiger partial charge in [0.2, 0.25) is 0 Å². The monoisotopic (exact) mass is 213 g/mol. The fourth-order valence-corrected chi connectivity index (χ4v) is 1.76. The van der Waals surface area contributed by atoms with Crippen LogP contribution in [0.3, 0.4) is 0 Å². The van der Waals surface area contributed by atoms with Crippen molar-refractivity contribution in [2.24, 2.45) is 0 Å². The molecule has 0 aliphatic rings. The Morgan fingerprint density at radius 3 is 2.94 bits per heavy atom. The van der Waals surface area contributed by atoms with Gasteiger partial charge >= 0.3 is 0 Å². The van der Waals surface area contributed by atoms with Crippen LogP contribution in [-0.4, -0.2) is 9.38 Å². The van der Waals surface area contributed by atoms with Crippen LogP contribution < -0.4 is 5.49 Å². The number of rotatable bonds is 0. The molecule has 3 nitrogen and oxygen atoms in total. The largest absolute Gasteiger partial charge is 0.286 e. The van der Waals surface area contributed by atoms with Crippen LogP contribution in [0.5, 0.6) is 0 Å². The van der Waals surface area contributed by atoms with Crippen LogP contribution in [0.15, 0.2) is 42.6 Å². The Hall–Kier alpha value is -2.23. The van der Waals surface area contributed by atoms with Gasteiger partial charge in [-0.15, -0.1) is 0 Å². The van der Waals surface area contributed by atoms with E-state index >= 15 is 0 Å². The molecule has 0 bridgehead atoms. The van der Waals surface area contributed by atoms with E-state index in [2.05, 4.69) is 4.98 Å². The maximum absolute atomic E-state index is 13.1. The summed E-state index contributed by atoms with van der Waals surface area (Å²) < 4.78 is 14.7. The first-order valence-electron chi connectivity index (χ1n) is 4.87. The van der Waals surface area contributed by atoms with Crippen molar-refractivity contribution in [3.05, 3.63) is 53.9 Å². The Labute approximate surface area is 90.3 Å². The van der Waals surface area contributed by atoms with Crippen LogP contribution in [0.2, 0.25) is 0 Å². The maximum atomic E-state index is 13.1. The molecule has 0 amide bonds. The molecule has 78 valence electrons. The van der Waals surface area contributed by atoms with E-state index in [0.717, 1.165) is 0 Å². The van der Waals surface area contributed by atoms with E-state index in [4.69, 9.17) is 5.41 Å². The van der Waals surface area contributed by atoms with E-state index in [1.807, 2.05) is 18.2 Å². The van der Waals surface area contributed by atoms with Gasteiger partial charge in [0, 0.05) is 11.6 Å². The Kier molecular flexibility index (Phi) is 1.77. The third kappa shape index (κ3) is 1.20. The van der Waals surface area contributed by atoms with Crippen molar-refractivity contribution in [2.75, 3.05) is 0 Å². The van der Waals surface area contributed by atoms with Gasteiger partial charge in [-0.1, -0.05) is 6.07 Å². The lowest BCUT2D eigenvalue weighted by atomic mass is 10.2. The molecule has 0 aliphatic carbocycles. The van der Waals surface area contributed by atoms with Gasteiger partial charge < -0.3 is 0 Å². The Morgan fingerprint density at radius 1 is 1.19 bits per heavy atom. The highest BCUT2D eigenvalue weighted by Gasteiger charge is 2.02. The first-order valence-corrected chi connectivity index (χ1v) is 4.87. The van der Waals surface area contributed by atoms with Gasteiger partial charge in [-0.3, -0.25) is 9.81 Å². The van der Waals surface area contributed by atoms with Gasteiger partial charge in [0.05, 0.1) is 5.52 Å². The van der Waals surface area contributed by atoms with Gasteiger partial charge in [-0.05, 0) is 30.3 Å². The van der Waals surface area contributed by atoms with Crippen molar-refractivity contribution in [3.63, 3.8) is 0 Å². The van der Waals surface area contributed by atoms with E-state index in [1.165, 1.54) is 12.1 Å². The lowest BCUT2D eigenvalue weighted by Gasteiger charge is -2.03. The second kappa shape index (κ2) is 3.13. The Balaban J connectivity index is 2.61. The number of pyridine rings is 1. The average Bonchev–Trinajstić information content (AvgIpc) is 2.31. The summed E-state index contributed by atoms with van der Waals surface area (Å²) in [6, 6.07) is 9.78. The van der Waals surface area contributed by atoms with Gasteiger partial charge in [0.25, 0.3) is 0 Å². The molecule has 0 saturated carbocycles. The van der Waals surface area contributed by atoms with E-state index in [0.29, 0.717) is 16.6 Å². The molecule has 1 aromatic carbocycles. The van der Waals surface area contributed by atoms with Crippen LogP contribution >= 0.6 is 0 Å². The predicted octanol–water partition coefficient (Wildman–Crippen LogP) is 2.11. The standard InChI is InChI=1S/C12H8FN3/c13-8-4-5-10-9(7-8)12(14)16-6-2-1-3-11(16)15-10/h1-7,14H. The summed E-state index contributed by atoms with van der Waals surface area (Å²) in [7, 11) is 0. The first-order chi connectivity index (χ1) is 7.75. The van der Waals surface area contributed by atoms with Gasteiger partial charge in [0.15, 0.2) is 0 Å². The van der Waals surface area contributed by atoms with Crippen LogP contribution in [-0.2, 0) is 0 Å². The van der Waals surface area contributed by atoms with Crippen molar-refractivity contribution in [1.29, 1.82) is 5.41 Å². The summed E-state index contributed by atoms with van der Waals surface area (Å²) in [6.45, 7) is 0. The zero-order valence-electron chi connectivity index (χ0n) is 8.31. The highest BCUT2D eigenvalue weighted by Crippen LogP contribution is 2.10. The SMILES string of the molecule is N=c1c2cc(F)ccc2nc2ccccn12. The van der Waals surface area contributed by atoms with Crippen LogP contribution in [0.25, 0.3) is 16.6 Å². The molecule has 4 heteroatoms. The summed E-state index contributed by atoms with van der Waals surface area (Å²) in [5, 5.41) is 8.50. The molecule has 1 N–H and O–H groups in total. The number of hydrogen-bond acceptors (Lipinski definition) is 2. The summed E-state index contributed by atoms with van der Waals surface area (Å²) in [6.07, 6.45) is 1.75. The molecular formula is C12H8FN3. The minimum Gasteiger partial charge on any atom is -0.286 e. The van der Waals surface area contributed by atoms with Crippen molar-refractivity contribution < 1.29 is 4.39 Å². The Bertz CT molecular complexity index is 746. The molecule has 2 heterocycles. The Morgan fingerprint density at radius 2 is 2.06 bits per heavy atom. The van der Waals surface area contributed by atoms with E-state index < -0.39 is 0 Å². The van der Waals surface area contributed by atoms with Crippen LogP contribution in [0.4, 0.5) is 4.39 Å². The molecule has 3 rings (SSSR count). The van der Waals surface area contributed by atoms with Crippen LogP contribution in [0.1, 0.15) is 0 Å². The second-order valence-corrected chi connectivity index (χ2v) is 3.55. The predicted molar refractivity (Wildman–Crippen MR) is 58.5 cm³/mol. The summed E-state index contributed by atoms with van der Waals surface area (Å²) in [5.74, 6) is -0.348. The highest BCUT2D eigenvalue weighted by atomic mass is 19.1. The number of nitrogens with one attached hydrogen (secondary N) is 1. The smallest absolute Gasteiger partial charge is 0.140 e. The fraction of sp³-hybridized carbons (Fsp3) is 0. The van der Waals surface area contributed by atoms with E-state index in [1.54, 1.807) is 16.7 Å². The molecule has 0 unspecified atom stereocenters. The quantitative estimate of drug-likeness (QED) is 0.571. The number of benzene rings is 1. The maximum Gasteiger partial charge on any atom is 0.140 e. The molecular weight excluding hydrogens is 205 g/mol. The van der Waals surface area contributed by atoms with E-state index in [-0.39, 0.29) is 11.3 Å². The molecule has 0 fully saturated rings. The van der Waals surface area contributed by atoms with Gasteiger partial charge in [0.1, 0.15) is 17.0 Å². The summed E-state index contributed by atoms with van der Waals surface area (Å²) in [4.78, 5) is 4.36. The number of fused-ring (bicyclic) bond motifs is 2. The van der Waals surface area contributed by atoms with E-state index in [9.17, 15) is 4.39 Å². The molecule has 2 aromatic heterocycles. The molecule has 3 aromatic rings. The summed E-state index contributed by atoms with van der Waals surface area (Å²) >= 11 is 0. The number of hydrogen-bond donors (Lipinski definition) is 1. The van der Waals surface area contributed by atoms with Crippen molar-refractivity contribution >= 4 is 16.6 Å². The second-order valence-electron chi connectivity index (χ2n) is 3.55. The summed E-state index contributed by atoms with van der Waals surface area (Å²) in [5.41, 5.74) is 1.57. The molecule has 16 heavy (non-hydrogen) atoms. The molecule has 0 spiro atoms. The zero-order chi connectivity index (χ0) is 11.1. The van der Waals surface area contributed by atoms with Gasteiger partial charge in [-0.2, -0.15) is 0 Å².